The van der Waals surface area contributed by atoms with E-state index in [1.807, 2.05) is 6.07 Å². The van der Waals surface area contributed by atoms with Gasteiger partial charge in [0.2, 0.25) is 0 Å². The van der Waals surface area contributed by atoms with Crippen LogP contribution in [0, 0.1) is 0 Å². The van der Waals surface area contributed by atoms with E-state index < -0.39 is 0 Å². The Kier molecular flexibility index (Phi) is 6.50. The fourth-order valence-electron chi connectivity index (χ4n) is 2.59. The van der Waals surface area contributed by atoms with Crippen LogP contribution in [0.15, 0.2) is 30.3 Å². The second-order valence-corrected chi connectivity index (χ2v) is 5.51. The second-order valence-electron chi connectivity index (χ2n) is 5.51. The third-order valence-corrected chi connectivity index (χ3v) is 3.79. The normalized spacial score (nSPS) is 16.6. The van der Waals surface area contributed by atoms with Crippen LogP contribution in [0.1, 0.15) is 24.8 Å². The number of urea groups is 1. The molecule has 0 radical (unpaired) electrons. The molecule has 0 spiro atoms. The van der Waals surface area contributed by atoms with Crippen molar-refractivity contribution in [1.82, 2.24) is 15.5 Å². The minimum Gasteiger partial charge on any atom is -0.396 e. The molecule has 0 aromatic heterocycles. The molecule has 0 aliphatic carbocycles. The van der Waals surface area contributed by atoms with Crippen LogP contribution in [0.5, 0.6) is 0 Å². The van der Waals surface area contributed by atoms with Crippen LogP contribution in [-0.2, 0) is 6.54 Å². The maximum atomic E-state index is 11.6. The summed E-state index contributed by atoms with van der Waals surface area (Å²) in [5, 5.41) is 14.4. The van der Waals surface area contributed by atoms with Gasteiger partial charge in [0, 0.05) is 38.8 Å². The number of carbonyl (C=O) groups is 1. The lowest BCUT2D eigenvalue weighted by atomic mass is 10.0. The van der Waals surface area contributed by atoms with Crippen LogP contribution < -0.4 is 10.6 Å². The van der Waals surface area contributed by atoms with Gasteiger partial charge in [-0.3, -0.25) is 4.90 Å². The Morgan fingerprint density at radius 2 is 1.95 bits per heavy atom. The van der Waals surface area contributed by atoms with E-state index in [0.29, 0.717) is 13.0 Å². The zero-order valence-corrected chi connectivity index (χ0v) is 12.4. The molecule has 0 bridgehead atoms. The highest BCUT2D eigenvalue weighted by atomic mass is 16.3. The molecule has 1 aromatic rings. The van der Waals surface area contributed by atoms with Gasteiger partial charge in [0.25, 0.3) is 0 Å². The predicted molar refractivity (Wildman–Crippen MR) is 83.0 cm³/mol. The van der Waals surface area contributed by atoms with Crippen LogP contribution in [0.4, 0.5) is 4.79 Å². The highest BCUT2D eigenvalue weighted by molar-refractivity contribution is 5.74. The number of likely N-dealkylation sites (tertiary alicyclic amines) is 1. The number of carbonyl (C=O) groups excluding carboxylic acids is 1. The standard InChI is InChI=1S/C16H25N3O2/c20-12-4-9-17-16(21)18-15-7-10-19(11-8-15)13-14-5-2-1-3-6-14/h1-3,5-6,15,20H,4,7-13H2,(H2,17,18,21). The van der Waals surface area contributed by atoms with Crippen LogP contribution in [-0.4, -0.2) is 48.3 Å². The van der Waals surface area contributed by atoms with Gasteiger partial charge in [-0.25, -0.2) is 4.79 Å². The SMILES string of the molecule is O=C(NCCCO)NC1CCN(Cc2ccccc2)CC1. The molecule has 21 heavy (non-hydrogen) atoms. The second kappa shape index (κ2) is 8.64. The van der Waals surface area contributed by atoms with Gasteiger partial charge in [-0.05, 0) is 24.8 Å². The largest absolute Gasteiger partial charge is 0.396 e. The quantitative estimate of drug-likeness (QED) is 0.693. The van der Waals surface area contributed by atoms with Crippen molar-refractivity contribution in [3.05, 3.63) is 35.9 Å². The lowest BCUT2D eigenvalue weighted by Gasteiger charge is -2.32. The summed E-state index contributed by atoms with van der Waals surface area (Å²) in [6.07, 6.45) is 2.57. The third-order valence-electron chi connectivity index (χ3n) is 3.79. The van der Waals surface area contributed by atoms with E-state index >= 15 is 0 Å². The summed E-state index contributed by atoms with van der Waals surface area (Å²) in [4.78, 5) is 14.1. The molecule has 2 amide bonds. The van der Waals surface area contributed by atoms with Crippen molar-refractivity contribution in [2.45, 2.75) is 31.8 Å². The minimum atomic E-state index is -0.120. The summed E-state index contributed by atoms with van der Waals surface area (Å²) in [7, 11) is 0. The number of amides is 2. The zero-order valence-electron chi connectivity index (χ0n) is 12.4. The topological polar surface area (TPSA) is 64.6 Å². The maximum Gasteiger partial charge on any atom is 0.315 e. The van der Waals surface area contributed by atoms with E-state index in [1.54, 1.807) is 0 Å². The van der Waals surface area contributed by atoms with E-state index in [0.717, 1.165) is 32.5 Å². The molecule has 1 saturated heterocycles. The molecule has 5 heteroatoms. The third kappa shape index (κ3) is 5.73. The van der Waals surface area contributed by atoms with Crippen molar-refractivity contribution < 1.29 is 9.90 Å². The van der Waals surface area contributed by atoms with Crippen LogP contribution in [0.3, 0.4) is 0 Å². The van der Waals surface area contributed by atoms with Gasteiger partial charge >= 0.3 is 6.03 Å². The molecular weight excluding hydrogens is 266 g/mol. The van der Waals surface area contributed by atoms with Crippen molar-refractivity contribution in [3.63, 3.8) is 0 Å². The number of rotatable bonds is 6. The van der Waals surface area contributed by atoms with Gasteiger partial charge in [-0.15, -0.1) is 0 Å². The summed E-state index contributed by atoms with van der Waals surface area (Å²) >= 11 is 0. The summed E-state index contributed by atoms with van der Waals surface area (Å²) in [5.74, 6) is 0. The minimum absolute atomic E-state index is 0.109. The molecule has 0 unspecified atom stereocenters. The summed E-state index contributed by atoms with van der Waals surface area (Å²) in [5.41, 5.74) is 1.34. The predicted octanol–water partition coefficient (Wildman–Crippen LogP) is 1.33. The summed E-state index contributed by atoms with van der Waals surface area (Å²) < 4.78 is 0. The fraction of sp³-hybridized carbons (Fsp3) is 0.562. The van der Waals surface area contributed by atoms with Gasteiger partial charge < -0.3 is 15.7 Å². The average molecular weight is 291 g/mol. The fourth-order valence-corrected chi connectivity index (χ4v) is 2.59. The Hall–Kier alpha value is -1.59. The van der Waals surface area contributed by atoms with E-state index in [-0.39, 0.29) is 18.7 Å². The number of nitrogens with zero attached hydrogens (tertiary/aromatic N) is 1. The first-order valence-corrected chi connectivity index (χ1v) is 7.69. The van der Waals surface area contributed by atoms with Crippen molar-refractivity contribution in [1.29, 1.82) is 0 Å². The molecule has 3 N–H and O–H groups in total. The lowest BCUT2D eigenvalue weighted by Crippen LogP contribution is -2.47. The Labute approximate surface area is 126 Å². The molecule has 1 aliphatic rings. The molecule has 5 nitrogen and oxygen atoms in total. The summed E-state index contributed by atoms with van der Waals surface area (Å²) in [6, 6.07) is 10.6. The van der Waals surface area contributed by atoms with Crippen LogP contribution in [0.25, 0.3) is 0 Å². The lowest BCUT2D eigenvalue weighted by molar-refractivity contribution is 0.186. The maximum absolute atomic E-state index is 11.6. The van der Waals surface area contributed by atoms with Gasteiger partial charge in [0.1, 0.15) is 0 Å². The van der Waals surface area contributed by atoms with Crippen LogP contribution >= 0.6 is 0 Å². The van der Waals surface area contributed by atoms with Gasteiger partial charge in [-0.1, -0.05) is 30.3 Å². The van der Waals surface area contributed by atoms with E-state index in [2.05, 4.69) is 39.8 Å². The first-order valence-electron chi connectivity index (χ1n) is 7.69. The van der Waals surface area contributed by atoms with E-state index in [9.17, 15) is 4.79 Å². The van der Waals surface area contributed by atoms with Gasteiger partial charge in [0.05, 0.1) is 0 Å². The number of hydrogen-bond donors (Lipinski definition) is 3. The van der Waals surface area contributed by atoms with Crippen LogP contribution in [0.2, 0.25) is 0 Å². The smallest absolute Gasteiger partial charge is 0.315 e. The summed E-state index contributed by atoms with van der Waals surface area (Å²) in [6.45, 7) is 3.64. The Balaban J connectivity index is 1.65. The van der Waals surface area contributed by atoms with Crippen molar-refractivity contribution in [2.75, 3.05) is 26.2 Å². The molecule has 116 valence electrons. The number of hydrogen-bond acceptors (Lipinski definition) is 3. The van der Waals surface area contributed by atoms with Crippen molar-refractivity contribution in [2.24, 2.45) is 0 Å². The highest BCUT2D eigenvalue weighted by Crippen LogP contribution is 2.13. The molecule has 0 saturated carbocycles. The molecule has 2 rings (SSSR count). The number of aliphatic hydroxyl groups excluding tert-OH is 1. The van der Waals surface area contributed by atoms with Gasteiger partial charge in [-0.2, -0.15) is 0 Å². The Bertz CT molecular complexity index is 417. The zero-order chi connectivity index (χ0) is 14.9. The first-order chi connectivity index (χ1) is 10.3. The van der Waals surface area contributed by atoms with Gasteiger partial charge in [0.15, 0.2) is 0 Å². The molecule has 0 atom stereocenters. The number of piperidine rings is 1. The number of aliphatic hydroxyl groups is 1. The molecule has 1 fully saturated rings. The first kappa shape index (κ1) is 15.8. The van der Waals surface area contributed by atoms with Crippen molar-refractivity contribution >= 4 is 6.03 Å². The molecule has 1 aliphatic heterocycles. The van der Waals surface area contributed by atoms with E-state index in [4.69, 9.17) is 5.11 Å². The molecule has 1 aromatic carbocycles. The Morgan fingerprint density at radius 1 is 1.24 bits per heavy atom. The van der Waals surface area contributed by atoms with E-state index in [1.165, 1.54) is 5.56 Å². The Morgan fingerprint density at radius 3 is 2.62 bits per heavy atom. The highest BCUT2D eigenvalue weighted by Gasteiger charge is 2.20. The monoisotopic (exact) mass is 291 g/mol. The number of benzene rings is 1. The molecular formula is C16H25N3O2. The van der Waals surface area contributed by atoms with Crippen molar-refractivity contribution in [3.8, 4) is 0 Å². The molecule has 1 heterocycles. The number of nitrogens with one attached hydrogen (secondary N) is 2. The average Bonchev–Trinajstić information content (AvgIpc) is 2.51.